The fourth-order valence-corrected chi connectivity index (χ4v) is 5.24. The normalized spacial score (nSPS) is 23.2. The van der Waals surface area contributed by atoms with Gasteiger partial charge in [-0.05, 0) is 23.3 Å². The third kappa shape index (κ3) is 3.87. The van der Waals surface area contributed by atoms with E-state index in [0.29, 0.717) is 10.9 Å². The van der Waals surface area contributed by atoms with Gasteiger partial charge in [0.15, 0.2) is 0 Å². The van der Waals surface area contributed by atoms with Crippen LogP contribution >= 0.6 is 11.6 Å². The Bertz CT molecular complexity index is 1190. The predicted octanol–water partition coefficient (Wildman–Crippen LogP) is 2.84. The number of halogens is 1. The van der Waals surface area contributed by atoms with Gasteiger partial charge in [-0.15, -0.1) is 0 Å². The van der Waals surface area contributed by atoms with Crippen molar-refractivity contribution >= 4 is 17.3 Å². The number of nitrogens with two attached hydrogens (primary N) is 2. The molecule has 5 N–H and O–H groups in total. The number of ether oxygens (including phenoxy) is 1. The maximum absolute atomic E-state index is 6.89. The summed E-state index contributed by atoms with van der Waals surface area (Å²) in [7, 11) is 1.66. The minimum atomic E-state index is -0.415. The van der Waals surface area contributed by atoms with Crippen molar-refractivity contribution in [2.75, 3.05) is 31.6 Å². The van der Waals surface area contributed by atoms with Gasteiger partial charge in [0.1, 0.15) is 23.5 Å². The lowest BCUT2D eigenvalue weighted by atomic mass is 9.86. The van der Waals surface area contributed by atoms with Gasteiger partial charge < -0.3 is 25.3 Å². The quantitative estimate of drug-likeness (QED) is 0.517. The van der Waals surface area contributed by atoms with E-state index in [2.05, 4.69) is 57.4 Å². The number of likely N-dealkylation sites (N-methyl/N-ethyl adjacent to an activating group) is 1. The van der Waals surface area contributed by atoms with E-state index in [1.54, 1.807) is 19.6 Å². The van der Waals surface area contributed by atoms with E-state index >= 15 is 0 Å². The lowest BCUT2D eigenvalue weighted by Gasteiger charge is -2.51. The topological polar surface area (TPSA) is 97.6 Å². The van der Waals surface area contributed by atoms with Crippen LogP contribution in [0.5, 0.6) is 5.75 Å². The van der Waals surface area contributed by atoms with Crippen LogP contribution in [0, 0.1) is 0 Å². The van der Waals surface area contributed by atoms with Crippen LogP contribution in [-0.2, 0) is 0 Å². The van der Waals surface area contributed by atoms with Crippen molar-refractivity contribution in [2.45, 2.75) is 25.3 Å². The molecule has 9 heteroatoms. The number of methoxy groups -OCH3 is 1. The molecule has 3 atom stereocenters. The van der Waals surface area contributed by atoms with Crippen molar-refractivity contribution in [1.29, 1.82) is 0 Å². The number of hydrogen-bond acceptors (Lipinski definition) is 7. The number of imidazole rings is 1. The number of nitrogens with zero attached hydrogens (tertiary/aromatic N) is 4. The van der Waals surface area contributed by atoms with Crippen molar-refractivity contribution < 1.29 is 4.74 Å². The summed E-state index contributed by atoms with van der Waals surface area (Å²) < 4.78 is 7.62. The summed E-state index contributed by atoms with van der Waals surface area (Å²) in [6, 6.07) is 16.6. The van der Waals surface area contributed by atoms with Crippen molar-refractivity contribution in [2.24, 2.45) is 11.5 Å². The molecule has 2 aliphatic heterocycles. The SMILES string of the molecule is CCN1C(N)C2=C(C(c3ccccc3)CNC2)N(c2ccc(-n3cnc(Cl)c3)c(OC)c2)C1N. The van der Waals surface area contributed by atoms with Crippen LogP contribution in [0.3, 0.4) is 0 Å². The van der Waals surface area contributed by atoms with Gasteiger partial charge in [-0.2, -0.15) is 0 Å². The number of anilines is 1. The first-order valence-electron chi connectivity index (χ1n) is 11.5. The van der Waals surface area contributed by atoms with Crippen LogP contribution in [0.25, 0.3) is 5.69 Å². The van der Waals surface area contributed by atoms with E-state index in [0.717, 1.165) is 42.3 Å². The van der Waals surface area contributed by atoms with Crippen LogP contribution in [0.4, 0.5) is 5.69 Å². The molecule has 0 fully saturated rings. The van der Waals surface area contributed by atoms with Gasteiger partial charge >= 0.3 is 0 Å². The lowest BCUT2D eigenvalue weighted by molar-refractivity contribution is 0.145. The van der Waals surface area contributed by atoms with E-state index in [9.17, 15) is 0 Å². The second-order valence-electron chi connectivity index (χ2n) is 8.52. The molecule has 178 valence electrons. The molecule has 2 aromatic carbocycles. The zero-order valence-electron chi connectivity index (χ0n) is 19.4. The molecule has 0 radical (unpaired) electrons. The zero-order chi connectivity index (χ0) is 23.8. The van der Waals surface area contributed by atoms with E-state index < -0.39 is 6.29 Å². The second kappa shape index (κ2) is 9.40. The van der Waals surface area contributed by atoms with Crippen molar-refractivity contribution in [3.63, 3.8) is 0 Å². The molecule has 0 aliphatic carbocycles. The van der Waals surface area contributed by atoms with Crippen molar-refractivity contribution in [3.8, 4) is 11.4 Å². The fraction of sp³-hybridized carbons (Fsp3) is 0.320. The first-order valence-corrected chi connectivity index (χ1v) is 11.8. The van der Waals surface area contributed by atoms with E-state index in [1.165, 1.54) is 5.56 Å². The van der Waals surface area contributed by atoms with E-state index in [-0.39, 0.29) is 12.1 Å². The molecule has 2 aliphatic rings. The molecule has 3 unspecified atom stereocenters. The first-order chi connectivity index (χ1) is 16.5. The molecular formula is C25H30ClN7O. The summed E-state index contributed by atoms with van der Waals surface area (Å²) in [6.45, 7) is 4.35. The maximum Gasteiger partial charge on any atom is 0.147 e. The third-order valence-electron chi connectivity index (χ3n) is 6.74. The lowest BCUT2D eigenvalue weighted by Crippen LogP contribution is -2.66. The van der Waals surface area contributed by atoms with Crippen LogP contribution in [0.15, 0.2) is 72.3 Å². The smallest absolute Gasteiger partial charge is 0.147 e. The molecule has 0 spiro atoms. The van der Waals surface area contributed by atoms with Crippen LogP contribution in [0.2, 0.25) is 5.15 Å². The number of aromatic nitrogens is 2. The summed E-state index contributed by atoms with van der Waals surface area (Å²) in [5.41, 5.74) is 19.0. The van der Waals surface area contributed by atoms with Gasteiger partial charge in [0.05, 0.1) is 19.0 Å². The predicted molar refractivity (Wildman–Crippen MR) is 135 cm³/mol. The number of hydrogen-bond donors (Lipinski definition) is 3. The average molecular weight is 480 g/mol. The highest BCUT2D eigenvalue weighted by atomic mass is 35.5. The first kappa shape index (κ1) is 22.9. The Morgan fingerprint density at radius 1 is 1.18 bits per heavy atom. The monoisotopic (exact) mass is 479 g/mol. The van der Waals surface area contributed by atoms with E-state index in [4.69, 9.17) is 27.8 Å². The third-order valence-corrected chi connectivity index (χ3v) is 6.93. The molecular weight excluding hydrogens is 450 g/mol. The van der Waals surface area contributed by atoms with Crippen molar-refractivity contribution in [3.05, 3.63) is 83.0 Å². The van der Waals surface area contributed by atoms with Gasteiger partial charge in [-0.3, -0.25) is 10.6 Å². The Morgan fingerprint density at radius 3 is 2.65 bits per heavy atom. The largest absolute Gasteiger partial charge is 0.494 e. The molecule has 0 saturated carbocycles. The molecule has 0 amide bonds. The summed E-state index contributed by atoms with van der Waals surface area (Å²) in [6.07, 6.45) is 2.76. The minimum Gasteiger partial charge on any atom is -0.494 e. The summed E-state index contributed by atoms with van der Waals surface area (Å²) in [5, 5.41) is 3.99. The summed E-state index contributed by atoms with van der Waals surface area (Å²) >= 11 is 6.05. The maximum atomic E-state index is 6.89. The molecule has 34 heavy (non-hydrogen) atoms. The highest BCUT2D eigenvalue weighted by Gasteiger charge is 2.42. The molecule has 0 bridgehead atoms. The van der Waals surface area contributed by atoms with Crippen LogP contribution < -0.4 is 26.4 Å². The Morgan fingerprint density at radius 2 is 1.97 bits per heavy atom. The van der Waals surface area contributed by atoms with Crippen molar-refractivity contribution in [1.82, 2.24) is 19.8 Å². The number of benzene rings is 2. The summed E-state index contributed by atoms with van der Waals surface area (Å²) in [5.74, 6) is 0.822. The van der Waals surface area contributed by atoms with Crippen LogP contribution in [-0.4, -0.2) is 53.7 Å². The number of nitrogens with one attached hydrogen (secondary N) is 1. The van der Waals surface area contributed by atoms with Gasteiger partial charge in [-0.25, -0.2) is 4.98 Å². The van der Waals surface area contributed by atoms with Crippen LogP contribution in [0.1, 0.15) is 18.4 Å². The molecule has 8 nitrogen and oxygen atoms in total. The Balaban J connectivity index is 1.65. The standard InChI is InChI=1S/C25H30ClN7O/c1-3-32-24(27)19-13-29-12-18(16-7-5-4-6-8-16)23(19)33(25(32)28)17-9-10-20(21(11-17)34-2)31-14-22(26)30-15-31/h4-11,14-15,18,24-25,29H,3,12-13,27-28H2,1-2H3. The second-order valence-corrected chi connectivity index (χ2v) is 8.91. The minimum absolute atomic E-state index is 0.124. The molecule has 3 aromatic rings. The molecule has 5 rings (SSSR count). The Hall–Kier alpha value is -2.88. The average Bonchev–Trinajstić information content (AvgIpc) is 3.30. The van der Waals surface area contributed by atoms with Gasteiger partial charge in [0.2, 0.25) is 0 Å². The van der Waals surface area contributed by atoms with Gasteiger partial charge in [0.25, 0.3) is 0 Å². The van der Waals surface area contributed by atoms with Gasteiger partial charge in [0, 0.05) is 49.2 Å². The fourth-order valence-electron chi connectivity index (χ4n) is 5.09. The molecule has 3 heterocycles. The van der Waals surface area contributed by atoms with Gasteiger partial charge in [-0.1, -0.05) is 48.9 Å². The molecule has 1 aromatic heterocycles. The Labute approximate surface area is 204 Å². The highest BCUT2D eigenvalue weighted by Crippen LogP contribution is 2.41. The highest BCUT2D eigenvalue weighted by molar-refractivity contribution is 6.29. The number of rotatable bonds is 5. The zero-order valence-corrected chi connectivity index (χ0v) is 20.1. The summed E-state index contributed by atoms with van der Waals surface area (Å²) in [4.78, 5) is 8.46. The van der Waals surface area contributed by atoms with E-state index in [1.807, 2.05) is 22.8 Å². The Kier molecular flexibility index (Phi) is 6.33. The molecule has 0 saturated heterocycles.